The van der Waals surface area contributed by atoms with Crippen molar-refractivity contribution < 1.29 is 9.53 Å². The number of thioether (sulfide) groups is 1. The van der Waals surface area contributed by atoms with E-state index in [0.29, 0.717) is 54.7 Å². The summed E-state index contributed by atoms with van der Waals surface area (Å²) < 4.78 is 7.22. The van der Waals surface area contributed by atoms with Gasteiger partial charge in [0.05, 0.1) is 31.2 Å². The Bertz CT molecular complexity index is 1030. The fourth-order valence-electron chi connectivity index (χ4n) is 3.03. The average molecular weight is 477 g/mol. The van der Waals surface area contributed by atoms with Crippen LogP contribution in [0.3, 0.4) is 0 Å². The summed E-state index contributed by atoms with van der Waals surface area (Å²) in [6.45, 7) is 9.07. The van der Waals surface area contributed by atoms with Crippen molar-refractivity contribution in [2.24, 2.45) is 0 Å². The number of nitrogens with zero attached hydrogens (tertiary/aromatic N) is 4. The zero-order chi connectivity index (χ0) is 22.9. The Labute approximate surface area is 197 Å². The smallest absolute Gasteiger partial charge is 0.224 e. The van der Waals surface area contributed by atoms with Gasteiger partial charge in [0.15, 0.2) is 10.8 Å². The summed E-state index contributed by atoms with van der Waals surface area (Å²) in [5.41, 5.74) is 1.66. The Morgan fingerprint density at radius 1 is 1.22 bits per heavy atom. The molecule has 0 aliphatic rings. The van der Waals surface area contributed by atoms with Crippen LogP contribution in [0.4, 0.5) is 5.82 Å². The van der Waals surface area contributed by atoms with Gasteiger partial charge >= 0.3 is 0 Å². The Morgan fingerprint density at radius 3 is 2.72 bits per heavy atom. The first-order chi connectivity index (χ1) is 15.5. The molecule has 32 heavy (non-hydrogen) atoms. The molecule has 8 nitrogen and oxygen atoms in total. The number of halogens is 1. The lowest BCUT2D eigenvalue weighted by Gasteiger charge is -2.11. The molecule has 2 N–H and O–H groups in total. The summed E-state index contributed by atoms with van der Waals surface area (Å²) in [5, 5.41) is 13.3. The minimum atomic E-state index is -0.0484. The number of hydrogen-bond acceptors (Lipinski definition) is 7. The van der Waals surface area contributed by atoms with Gasteiger partial charge in [0.1, 0.15) is 5.82 Å². The van der Waals surface area contributed by atoms with Crippen LogP contribution in [0.2, 0.25) is 5.02 Å². The molecule has 172 valence electrons. The summed E-state index contributed by atoms with van der Waals surface area (Å²) in [7, 11) is 0. The lowest BCUT2D eigenvalue weighted by molar-refractivity contribution is -0.120. The molecule has 0 bridgehead atoms. The third-order valence-electron chi connectivity index (χ3n) is 4.48. The molecule has 10 heteroatoms. The maximum atomic E-state index is 12.3. The molecule has 2 heterocycles. The first kappa shape index (κ1) is 24.3. The molecule has 3 rings (SSSR count). The zero-order valence-electron chi connectivity index (χ0n) is 18.6. The van der Waals surface area contributed by atoms with Crippen LogP contribution in [0.1, 0.15) is 26.3 Å². The van der Waals surface area contributed by atoms with Crippen molar-refractivity contribution in [1.82, 2.24) is 25.1 Å². The summed E-state index contributed by atoms with van der Waals surface area (Å²) >= 11 is 7.50. The average Bonchev–Trinajstić information content (AvgIpc) is 3.15. The highest BCUT2D eigenvalue weighted by Crippen LogP contribution is 2.26. The van der Waals surface area contributed by atoms with Gasteiger partial charge in [0.2, 0.25) is 5.91 Å². The number of anilines is 1. The Hall–Kier alpha value is -2.36. The molecule has 2 aromatic heterocycles. The fourth-order valence-corrected chi connectivity index (χ4v) is 3.87. The molecule has 0 aliphatic carbocycles. The Balaban J connectivity index is 1.66. The number of amides is 1. The van der Waals surface area contributed by atoms with Crippen LogP contribution in [-0.4, -0.2) is 57.2 Å². The molecule has 0 saturated heterocycles. The van der Waals surface area contributed by atoms with E-state index in [4.69, 9.17) is 21.3 Å². The van der Waals surface area contributed by atoms with Crippen molar-refractivity contribution in [3.05, 3.63) is 41.0 Å². The standard InChI is InChI=1S/C22H29ClN6O2S/c1-4-31-12-10-25-20-18-14-26-29(21(18)28-22(27-20)32-15(2)3)11-9-24-19(30)13-16-5-7-17(23)8-6-16/h5-8,14-15H,4,9-13H2,1-3H3,(H,24,30)(H,25,27,28). The van der Waals surface area contributed by atoms with Gasteiger partial charge in [-0.3, -0.25) is 4.79 Å². The maximum Gasteiger partial charge on any atom is 0.224 e. The van der Waals surface area contributed by atoms with Crippen molar-refractivity contribution in [1.29, 1.82) is 0 Å². The number of rotatable bonds is 12. The molecular formula is C22H29ClN6O2S. The van der Waals surface area contributed by atoms with Gasteiger partial charge in [-0.2, -0.15) is 5.10 Å². The van der Waals surface area contributed by atoms with Crippen LogP contribution >= 0.6 is 23.4 Å². The molecule has 0 unspecified atom stereocenters. The number of aromatic nitrogens is 4. The number of ether oxygens (including phenoxy) is 1. The van der Waals surface area contributed by atoms with Crippen molar-refractivity contribution in [3.63, 3.8) is 0 Å². The molecule has 0 saturated carbocycles. The maximum absolute atomic E-state index is 12.3. The van der Waals surface area contributed by atoms with E-state index in [1.54, 1.807) is 34.8 Å². The SMILES string of the molecule is CCOCCNc1nc(SC(C)C)nc2c1cnn2CCNC(=O)Cc1ccc(Cl)cc1. The van der Waals surface area contributed by atoms with E-state index in [-0.39, 0.29) is 5.91 Å². The van der Waals surface area contributed by atoms with Gasteiger partial charge in [-0.05, 0) is 24.6 Å². The van der Waals surface area contributed by atoms with Crippen LogP contribution in [0.5, 0.6) is 0 Å². The van der Waals surface area contributed by atoms with Gasteiger partial charge < -0.3 is 15.4 Å². The van der Waals surface area contributed by atoms with E-state index in [1.807, 2.05) is 19.1 Å². The van der Waals surface area contributed by atoms with Gasteiger partial charge in [-0.15, -0.1) is 0 Å². The largest absolute Gasteiger partial charge is 0.380 e. The summed E-state index contributed by atoms with van der Waals surface area (Å²) in [5.74, 6) is 0.698. The summed E-state index contributed by atoms with van der Waals surface area (Å²) in [4.78, 5) is 21.6. The number of carbonyl (C=O) groups excluding carboxylic acids is 1. The van der Waals surface area contributed by atoms with Gasteiger partial charge in [-0.25, -0.2) is 14.6 Å². The molecule has 0 radical (unpaired) electrons. The second kappa shape index (κ2) is 12.0. The van der Waals surface area contributed by atoms with Crippen LogP contribution in [0, 0.1) is 0 Å². The van der Waals surface area contributed by atoms with Crippen molar-refractivity contribution >= 4 is 46.1 Å². The van der Waals surface area contributed by atoms with Gasteiger partial charge in [-0.1, -0.05) is 49.3 Å². The molecule has 0 atom stereocenters. The highest BCUT2D eigenvalue weighted by Gasteiger charge is 2.14. The Kier molecular flexibility index (Phi) is 9.13. The third-order valence-corrected chi connectivity index (χ3v) is 5.60. The molecule has 0 spiro atoms. The third kappa shape index (κ3) is 7.08. The molecular weight excluding hydrogens is 448 g/mol. The van der Waals surface area contributed by atoms with Crippen LogP contribution < -0.4 is 10.6 Å². The van der Waals surface area contributed by atoms with Crippen molar-refractivity contribution in [2.75, 3.05) is 31.6 Å². The lowest BCUT2D eigenvalue weighted by Crippen LogP contribution is -2.28. The van der Waals surface area contributed by atoms with Gasteiger partial charge in [0, 0.05) is 30.0 Å². The predicted octanol–water partition coefficient (Wildman–Crippen LogP) is 3.79. The molecule has 0 aliphatic heterocycles. The molecule has 1 amide bonds. The van der Waals surface area contributed by atoms with E-state index < -0.39 is 0 Å². The summed E-state index contributed by atoms with van der Waals surface area (Å²) in [6.07, 6.45) is 2.07. The number of hydrogen-bond donors (Lipinski definition) is 2. The fraction of sp³-hybridized carbons (Fsp3) is 0.455. The molecule has 0 fully saturated rings. The summed E-state index contributed by atoms with van der Waals surface area (Å²) in [6, 6.07) is 7.28. The van der Waals surface area contributed by atoms with Crippen molar-refractivity contribution in [2.45, 2.75) is 44.1 Å². The number of carbonyl (C=O) groups is 1. The van der Waals surface area contributed by atoms with Crippen LogP contribution in [0.25, 0.3) is 11.0 Å². The highest BCUT2D eigenvalue weighted by molar-refractivity contribution is 7.99. The van der Waals surface area contributed by atoms with Crippen molar-refractivity contribution in [3.8, 4) is 0 Å². The minimum absolute atomic E-state index is 0.0484. The number of fused-ring (bicyclic) bond motifs is 1. The van der Waals surface area contributed by atoms with E-state index in [1.165, 1.54) is 0 Å². The highest BCUT2D eigenvalue weighted by atomic mass is 35.5. The van der Waals surface area contributed by atoms with Gasteiger partial charge in [0.25, 0.3) is 0 Å². The normalized spacial score (nSPS) is 11.3. The number of nitrogens with one attached hydrogen (secondary N) is 2. The molecule has 1 aromatic carbocycles. The second-order valence-corrected chi connectivity index (χ2v) is 9.38. The van der Waals surface area contributed by atoms with Crippen LogP contribution in [-0.2, 0) is 22.5 Å². The topological polar surface area (TPSA) is 94.0 Å². The Morgan fingerprint density at radius 2 is 2.00 bits per heavy atom. The predicted molar refractivity (Wildman–Crippen MR) is 129 cm³/mol. The lowest BCUT2D eigenvalue weighted by atomic mass is 10.1. The monoisotopic (exact) mass is 476 g/mol. The van der Waals surface area contributed by atoms with E-state index >= 15 is 0 Å². The van der Waals surface area contributed by atoms with Crippen LogP contribution in [0.15, 0.2) is 35.6 Å². The quantitative estimate of drug-likeness (QED) is 0.233. The number of benzene rings is 1. The first-order valence-corrected chi connectivity index (χ1v) is 11.9. The second-order valence-electron chi connectivity index (χ2n) is 7.40. The minimum Gasteiger partial charge on any atom is -0.380 e. The van der Waals surface area contributed by atoms with E-state index in [2.05, 4.69) is 34.6 Å². The first-order valence-electron chi connectivity index (χ1n) is 10.7. The molecule has 3 aromatic rings. The van der Waals surface area contributed by atoms with E-state index in [0.717, 1.165) is 22.4 Å². The zero-order valence-corrected chi connectivity index (χ0v) is 20.2. The van der Waals surface area contributed by atoms with E-state index in [9.17, 15) is 4.79 Å².